The van der Waals surface area contributed by atoms with Crippen molar-refractivity contribution < 1.29 is 4.39 Å². The summed E-state index contributed by atoms with van der Waals surface area (Å²) in [6.45, 7) is 0. The minimum Gasteiger partial charge on any atom is -0.271 e. The molecule has 0 aromatic heterocycles. The maximum absolute atomic E-state index is 12.9. The summed E-state index contributed by atoms with van der Waals surface area (Å²) in [6.07, 6.45) is 2.78. The standard InChI is InChI=1S/C15H17FN2S/c1-19-14-8-4-12(5-9-14)15(18-17)10-11-2-6-13(16)7-3-11/h2-9,15,18H,10,17H2,1H3. The molecule has 3 N–H and O–H groups in total. The predicted octanol–water partition coefficient (Wildman–Crippen LogP) is 3.29. The Hall–Kier alpha value is -1.36. The molecule has 0 aliphatic heterocycles. The van der Waals surface area contributed by atoms with Crippen LogP contribution in [0.1, 0.15) is 17.2 Å². The Kier molecular flexibility index (Phi) is 4.96. The Balaban J connectivity index is 2.12. The molecular weight excluding hydrogens is 259 g/mol. The van der Waals surface area contributed by atoms with Crippen molar-refractivity contribution in [3.63, 3.8) is 0 Å². The van der Waals surface area contributed by atoms with Crippen molar-refractivity contribution in [2.45, 2.75) is 17.4 Å². The number of hydrazine groups is 1. The largest absolute Gasteiger partial charge is 0.271 e. The van der Waals surface area contributed by atoms with E-state index in [1.807, 2.05) is 6.26 Å². The molecule has 100 valence electrons. The molecule has 19 heavy (non-hydrogen) atoms. The van der Waals surface area contributed by atoms with Crippen molar-refractivity contribution in [3.8, 4) is 0 Å². The number of nitrogens with one attached hydrogen (secondary N) is 1. The van der Waals surface area contributed by atoms with Gasteiger partial charge in [0.2, 0.25) is 0 Å². The van der Waals surface area contributed by atoms with Gasteiger partial charge in [0.25, 0.3) is 0 Å². The fourth-order valence-electron chi connectivity index (χ4n) is 1.97. The summed E-state index contributed by atoms with van der Waals surface area (Å²) in [7, 11) is 0. The normalized spacial score (nSPS) is 12.4. The first-order chi connectivity index (χ1) is 9.22. The number of nitrogens with two attached hydrogens (primary N) is 1. The van der Waals surface area contributed by atoms with Gasteiger partial charge < -0.3 is 0 Å². The zero-order valence-electron chi connectivity index (χ0n) is 10.8. The molecule has 0 radical (unpaired) electrons. The second-order valence-corrected chi connectivity index (χ2v) is 5.20. The lowest BCUT2D eigenvalue weighted by molar-refractivity contribution is 0.550. The number of halogens is 1. The fourth-order valence-corrected chi connectivity index (χ4v) is 2.37. The number of hydrogen-bond acceptors (Lipinski definition) is 3. The Labute approximate surface area is 117 Å². The summed E-state index contributed by atoms with van der Waals surface area (Å²) in [5.74, 6) is 5.41. The van der Waals surface area contributed by atoms with E-state index in [0.29, 0.717) is 0 Å². The second-order valence-electron chi connectivity index (χ2n) is 4.32. The third-order valence-corrected chi connectivity index (χ3v) is 3.82. The summed E-state index contributed by atoms with van der Waals surface area (Å²) in [5.41, 5.74) is 5.00. The van der Waals surface area contributed by atoms with Gasteiger partial charge in [0.15, 0.2) is 0 Å². The highest BCUT2D eigenvalue weighted by Gasteiger charge is 2.10. The SMILES string of the molecule is CSc1ccc(C(Cc2ccc(F)cc2)NN)cc1. The van der Waals surface area contributed by atoms with Crippen LogP contribution in [-0.2, 0) is 6.42 Å². The predicted molar refractivity (Wildman–Crippen MR) is 78.4 cm³/mol. The Morgan fingerprint density at radius 1 is 1.11 bits per heavy atom. The van der Waals surface area contributed by atoms with E-state index in [-0.39, 0.29) is 11.9 Å². The molecule has 1 unspecified atom stereocenters. The van der Waals surface area contributed by atoms with Crippen LogP contribution >= 0.6 is 11.8 Å². The third-order valence-electron chi connectivity index (χ3n) is 3.07. The molecule has 0 amide bonds. The van der Waals surface area contributed by atoms with Crippen LogP contribution in [0.25, 0.3) is 0 Å². The van der Waals surface area contributed by atoms with E-state index in [1.165, 1.54) is 17.0 Å². The monoisotopic (exact) mass is 276 g/mol. The van der Waals surface area contributed by atoms with Crippen molar-refractivity contribution in [3.05, 3.63) is 65.5 Å². The molecule has 0 heterocycles. The summed E-state index contributed by atoms with van der Waals surface area (Å²) in [6, 6.07) is 14.8. The van der Waals surface area contributed by atoms with Crippen molar-refractivity contribution in [1.29, 1.82) is 0 Å². The van der Waals surface area contributed by atoms with E-state index in [9.17, 15) is 4.39 Å². The van der Waals surface area contributed by atoms with Gasteiger partial charge in [-0.15, -0.1) is 11.8 Å². The average molecular weight is 276 g/mol. The van der Waals surface area contributed by atoms with Crippen LogP contribution in [-0.4, -0.2) is 6.26 Å². The lowest BCUT2D eigenvalue weighted by Crippen LogP contribution is -2.29. The van der Waals surface area contributed by atoms with Crippen molar-refractivity contribution in [1.82, 2.24) is 5.43 Å². The molecule has 2 nitrogen and oxygen atoms in total. The van der Waals surface area contributed by atoms with Crippen LogP contribution in [0.4, 0.5) is 4.39 Å². The number of benzene rings is 2. The van der Waals surface area contributed by atoms with Crippen molar-refractivity contribution in [2.24, 2.45) is 5.84 Å². The fraction of sp³-hybridized carbons (Fsp3) is 0.200. The molecule has 0 spiro atoms. The van der Waals surface area contributed by atoms with Crippen LogP contribution in [0, 0.1) is 5.82 Å². The van der Waals surface area contributed by atoms with E-state index in [2.05, 4.69) is 29.7 Å². The molecule has 2 rings (SSSR count). The van der Waals surface area contributed by atoms with E-state index in [0.717, 1.165) is 17.5 Å². The van der Waals surface area contributed by atoms with Crippen LogP contribution in [0.15, 0.2) is 53.4 Å². The molecule has 0 fully saturated rings. The lowest BCUT2D eigenvalue weighted by atomic mass is 9.99. The van der Waals surface area contributed by atoms with Gasteiger partial charge in [-0.3, -0.25) is 11.3 Å². The Bertz CT molecular complexity index is 511. The Morgan fingerprint density at radius 2 is 1.74 bits per heavy atom. The van der Waals surface area contributed by atoms with Gasteiger partial charge in [-0.2, -0.15) is 0 Å². The summed E-state index contributed by atoms with van der Waals surface area (Å²) < 4.78 is 12.9. The van der Waals surface area contributed by atoms with Crippen LogP contribution < -0.4 is 11.3 Å². The highest BCUT2D eigenvalue weighted by molar-refractivity contribution is 7.98. The van der Waals surface area contributed by atoms with E-state index in [4.69, 9.17) is 5.84 Å². The molecular formula is C15H17FN2S. The first-order valence-corrected chi connectivity index (χ1v) is 7.30. The second kappa shape index (κ2) is 6.70. The quantitative estimate of drug-likeness (QED) is 0.500. The zero-order chi connectivity index (χ0) is 13.7. The molecule has 0 saturated heterocycles. The van der Waals surface area contributed by atoms with Crippen molar-refractivity contribution >= 4 is 11.8 Å². The Morgan fingerprint density at radius 3 is 2.26 bits per heavy atom. The van der Waals surface area contributed by atoms with Crippen LogP contribution in [0.5, 0.6) is 0 Å². The lowest BCUT2D eigenvalue weighted by Gasteiger charge is -2.16. The highest BCUT2D eigenvalue weighted by Crippen LogP contribution is 2.21. The van der Waals surface area contributed by atoms with Gasteiger partial charge in [-0.1, -0.05) is 24.3 Å². The topological polar surface area (TPSA) is 38.0 Å². The van der Waals surface area contributed by atoms with Crippen molar-refractivity contribution in [2.75, 3.05) is 6.26 Å². The average Bonchev–Trinajstić information content (AvgIpc) is 2.47. The summed E-state index contributed by atoms with van der Waals surface area (Å²) >= 11 is 1.71. The van der Waals surface area contributed by atoms with Gasteiger partial charge in [-0.05, 0) is 48.1 Å². The van der Waals surface area contributed by atoms with Gasteiger partial charge in [-0.25, -0.2) is 4.39 Å². The first-order valence-electron chi connectivity index (χ1n) is 6.07. The van der Waals surface area contributed by atoms with E-state index < -0.39 is 0 Å². The summed E-state index contributed by atoms with van der Waals surface area (Å²) in [4.78, 5) is 1.22. The van der Waals surface area contributed by atoms with Gasteiger partial charge >= 0.3 is 0 Å². The maximum atomic E-state index is 12.9. The molecule has 0 saturated carbocycles. The summed E-state index contributed by atoms with van der Waals surface area (Å²) in [5, 5.41) is 0. The third kappa shape index (κ3) is 3.80. The van der Waals surface area contributed by atoms with Crippen LogP contribution in [0.2, 0.25) is 0 Å². The number of hydrogen-bond donors (Lipinski definition) is 2. The van der Waals surface area contributed by atoms with E-state index in [1.54, 1.807) is 23.9 Å². The van der Waals surface area contributed by atoms with E-state index >= 15 is 0 Å². The van der Waals surface area contributed by atoms with Crippen LogP contribution in [0.3, 0.4) is 0 Å². The molecule has 0 bridgehead atoms. The van der Waals surface area contributed by atoms with Gasteiger partial charge in [0.05, 0.1) is 0 Å². The minimum absolute atomic E-state index is 0.0290. The zero-order valence-corrected chi connectivity index (χ0v) is 11.6. The highest BCUT2D eigenvalue weighted by atomic mass is 32.2. The first kappa shape index (κ1) is 14.1. The molecule has 0 aliphatic rings. The number of rotatable bonds is 5. The molecule has 2 aromatic carbocycles. The number of thioether (sulfide) groups is 1. The smallest absolute Gasteiger partial charge is 0.123 e. The molecule has 4 heteroatoms. The molecule has 0 aliphatic carbocycles. The molecule has 1 atom stereocenters. The maximum Gasteiger partial charge on any atom is 0.123 e. The minimum atomic E-state index is -0.217. The molecule has 2 aromatic rings. The van der Waals surface area contributed by atoms with Gasteiger partial charge in [0.1, 0.15) is 5.82 Å². The van der Waals surface area contributed by atoms with Gasteiger partial charge in [0, 0.05) is 10.9 Å².